The van der Waals surface area contributed by atoms with Gasteiger partial charge in [-0.1, -0.05) is 12.1 Å². The number of hydrogen-bond acceptors (Lipinski definition) is 7. The normalized spacial score (nSPS) is 10.4. The Hall–Kier alpha value is -2.67. The van der Waals surface area contributed by atoms with E-state index in [9.17, 15) is 4.79 Å². The van der Waals surface area contributed by atoms with Gasteiger partial charge < -0.3 is 20.3 Å². The summed E-state index contributed by atoms with van der Waals surface area (Å²) in [6, 6.07) is 8.87. The Balaban J connectivity index is 2.10. The van der Waals surface area contributed by atoms with E-state index >= 15 is 0 Å². The summed E-state index contributed by atoms with van der Waals surface area (Å²) in [4.78, 5) is 22.4. The number of nitrogens with one attached hydrogen (secondary N) is 2. The Morgan fingerprint density at radius 3 is 2.78 bits per heavy atom. The van der Waals surface area contributed by atoms with Crippen LogP contribution in [0.2, 0.25) is 0 Å². The molecule has 2 rings (SSSR count). The standard InChI is InChI=1S/C16H21N5O2/c1-21(2)11-10-17-14-8-9-18-16(20-14)19-13-7-5-4-6-12(13)15(22)23-3/h4-9H,10-11H2,1-3H3,(H2,17,18,19,20). The molecule has 0 fully saturated rings. The van der Waals surface area contributed by atoms with Crippen LogP contribution >= 0.6 is 0 Å². The number of anilines is 3. The summed E-state index contributed by atoms with van der Waals surface area (Å²) in [5.41, 5.74) is 1.04. The molecule has 7 nitrogen and oxygen atoms in total. The van der Waals surface area contributed by atoms with Crippen LogP contribution in [-0.2, 0) is 4.74 Å². The van der Waals surface area contributed by atoms with Crippen LogP contribution < -0.4 is 10.6 Å². The molecule has 23 heavy (non-hydrogen) atoms. The van der Waals surface area contributed by atoms with Crippen molar-refractivity contribution in [3.8, 4) is 0 Å². The van der Waals surface area contributed by atoms with Gasteiger partial charge in [0.25, 0.3) is 0 Å². The van der Waals surface area contributed by atoms with Crippen molar-refractivity contribution in [3.63, 3.8) is 0 Å². The molecule has 0 spiro atoms. The van der Waals surface area contributed by atoms with E-state index in [0.29, 0.717) is 17.2 Å². The van der Waals surface area contributed by atoms with Crippen molar-refractivity contribution in [3.05, 3.63) is 42.1 Å². The van der Waals surface area contributed by atoms with Crippen LogP contribution in [0.4, 0.5) is 17.5 Å². The number of ether oxygens (including phenoxy) is 1. The van der Waals surface area contributed by atoms with Crippen LogP contribution in [0.1, 0.15) is 10.4 Å². The highest BCUT2D eigenvalue weighted by Crippen LogP contribution is 2.19. The Labute approximate surface area is 135 Å². The number of nitrogens with zero attached hydrogens (tertiary/aromatic N) is 3. The largest absolute Gasteiger partial charge is 0.465 e. The zero-order chi connectivity index (χ0) is 16.7. The van der Waals surface area contributed by atoms with E-state index in [1.807, 2.05) is 20.2 Å². The molecule has 1 heterocycles. The van der Waals surface area contributed by atoms with Crippen molar-refractivity contribution in [2.75, 3.05) is 44.9 Å². The lowest BCUT2D eigenvalue weighted by Gasteiger charge is -2.12. The van der Waals surface area contributed by atoms with Crippen molar-refractivity contribution in [1.82, 2.24) is 14.9 Å². The molecule has 0 atom stereocenters. The van der Waals surface area contributed by atoms with Gasteiger partial charge in [0.2, 0.25) is 5.95 Å². The lowest BCUT2D eigenvalue weighted by atomic mass is 10.2. The molecule has 0 bridgehead atoms. The molecule has 2 N–H and O–H groups in total. The van der Waals surface area contributed by atoms with Gasteiger partial charge >= 0.3 is 5.97 Å². The zero-order valence-electron chi connectivity index (χ0n) is 13.5. The third-order valence-corrected chi connectivity index (χ3v) is 3.10. The predicted molar refractivity (Wildman–Crippen MR) is 90.1 cm³/mol. The lowest BCUT2D eigenvalue weighted by molar-refractivity contribution is 0.0602. The average Bonchev–Trinajstić information content (AvgIpc) is 2.55. The molecule has 0 amide bonds. The number of methoxy groups -OCH3 is 1. The second-order valence-corrected chi connectivity index (χ2v) is 5.16. The summed E-state index contributed by atoms with van der Waals surface area (Å²) >= 11 is 0. The van der Waals surface area contributed by atoms with Crippen LogP contribution in [-0.4, -0.2) is 55.1 Å². The topological polar surface area (TPSA) is 79.4 Å². The first-order valence-corrected chi connectivity index (χ1v) is 7.26. The van der Waals surface area contributed by atoms with Crippen LogP contribution in [0.25, 0.3) is 0 Å². The van der Waals surface area contributed by atoms with Crippen molar-refractivity contribution >= 4 is 23.4 Å². The smallest absolute Gasteiger partial charge is 0.339 e. The zero-order valence-corrected chi connectivity index (χ0v) is 13.5. The molecule has 0 unspecified atom stereocenters. The van der Waals surface area contributed by atoms with Crippen molar-refractivity contribution < 1.29 is 9.53 Å². The van der Waals surface area contributed by atoms with Gasteiger partial charge in [-0.25, -0.2) is 9.78 Å². The number of rotatable bonds is 7. The number of hydrogen-bond donors (Lipinski definition) is 2. The minimum Gasteiger partial charge on any atom is -0.465 e. The van der Waals surface area contributed by atoms with Crippen molar-refractivity contribution in [1.29, 1.82) is 0 Å². The van der Waals surface area contributed by atoms with E-state index in [0.717, 1.165) is 18.9 Å². The summed E-state index contributed by atoms with van der Waals surface area (Å²) in [7, 11) is 5.38. The fourth-order valence-corrected chi connectivity index (χ4v) is 1.93. The summed E-state index contributed by atoms with van der Waals surface area (Å²) in [5, 5.41) is 6.28. The van der Waals surface area contributed by atoms with Crippen molar-refractivity contribution in [2.45, 2.75) is 0 Å². The number of carbonyl (C=O) groups is 1. The molecule has 1 aromatic carbocycles. The summed E-state index contributed by atoms with van der Waals surface area (Å²) in [6.45, 7) is 1.68. The molecular formula is C16H21N5O2. The van der Waals surface area contributed by atoms with Crippen molar-refractivity contribution in [2.24, 2.45) is 0 Å². The second kappa shape index (κ2) is 8.09. The monoisotopic (exact) mass is 315 g/mol. The molecule has 7 heteroatoms. The third-order valence-electron chi connectivity index (χ3n) is 3.10. The highest BCUT2D eigenvalue weighted by atomic mass is 16.5. The first-order chi connectivity index (χ1) is 11.1. The molecular weight excluding hydrogens is 294 g/mol. The van der Waals surface area contributed by atoms with Gasteiger partial charge in [-0.15, -0.1) is 0 Å². The third kappa shape index (κ3) is 4.93. The van der Waals surface area contributed by atoms with Gasteiger partial charge in [0, 0.05) is 19.3 Å². The minimum atomic E-state index is -0.409. The van der Waals surface area contributed by atoms with Gasteiger partial charge in [-0.3, -0.25) is 0 Å². The highest BCUT2D eigenvalue weighted by molar-refractivity contribution is 5.96. The van der Waals surface area contributed by atoms with Gasteiger partial charge in [0.1, 0.15) is 5.82 Å². The number of para-hydroxylation sites is 1. The van der Waals surface area contributed by atoms with E-state index < -0.39 is 5.97 Å². The molecule has 0 aliphatic rings. The molecule has 1 aromatic heterocycles. The quantitative estimate of drug-likeness (QED) is 0.756. The Bertz CT molecular complexity index is 660. The molecule has 0 radical (unpaired) electrons. The lowest BCUT2D eigenvalue weighted by Crippen LogP contribution is -2.21. The van der Waals surface area contributed by atoms with Crippen LogP contribution in [0.5, 0.6) is 0 Å². The number of benzene rings is 1. The van der Waals surface area contributed by atoms with E-state index in [1.165, 1.54) is 7.11 Å². The molecule has 122 valence electrons. The summed E-state index contributed by atoms with van der Waals surface area (Å²) in [5.74, 6) is 0.726. The van der Waals surface area contributed by atoms with Crippen LogP contribution in [0.3, 0.4) is 0 Å². The Kier molecular flexibility index (Phi) is 5.87. The van der Waals surface area contributed by atoms with Gasteiger partial charge in [0.05, 0.1) is 18.4 Å². The fraction of sp³-hybridized carbons (Fsp3) is 0.312. The minimum absolute atomic E-state index is 0.409. The SMILES string of the molecule is COC(=O)c1ccccc1Nc1nccc(NCCN(C)C)n1. The fourth-order valence-electron chi connectivity index (χ4n) is 1.93. The number of aromatic nitrogens is 2. The molecule has 0 aliphatic carbocycles. The maximum absolute atomic E-state index is 11.8. The molecule has 0 saturated carbocycles. The molecule has 2 aromatic rings. The van der Waals surface area contributed by atoms with Crippen LogP contribution in [0.15, 0.2) is 36.5 Å². The highest BCUT2D eigenvalue weighted by Gasteiger charge is 2.12. The molecule has 0 aliphatic heterocycles. The van der Waals surface area contributed by atoms with Gasteiger partial charge in [-0.05, 0) is 32.3 Å². The molecule has 0 saturated heterocycles. The van der Waals surface area contributed by atoms with E-state index in [-0.39, 0.29) is 0 Å². The summed E-state index contributed by atoms with van der Waals surface area (Å²) < 4.78 is 4.78. The van der Waals surface area contributed by atoms with Crippen LogP contribution in [0, 0.1) is 0 Å². The number of esters is 1. The maximum atomic E-state index is 11.8. The van der Waals surface area contributed by atoms with E-state index in [2.05, 4.69) is 25.5 Å². The first kappa shape index (κ1) is 16.7. The first-order valence-electron chi connectivity index (χ1n) is 7.26. The second-order valence-electron chi connectivity index (χ2n) is 5.16. The summed E-state index contributed by atoms with van der Waals surface area (Å²) in [6.07, 6.45) is 1.66. The van der Waals surface area contributed by atoms with Gasteiger partial charge in [0.15, 0.2) is 0 Å². The average molecular weight is 315 g/mol. The van der Waals surface area contributed by atoms with E-state index in [4.69, 9.17) is 4.74 Å². The maximum Gasteiger partial charge on any atom is 0.339 e. The Morgan fingerprint density at radius 2 is 2.04 bits per heavy atom. The number of carbonyl (C=O) groups excluding carboxylic acids is 1. The number of likely N-dealkylation sites (N-methyl/N-ethyl adjacent to an activating group) is 1. The Morgan fingerprint density at radius 1 is 1.26 bits per heavy atom. The predicted octanol–water partition coefficient (Wildman–Crippen LogP) is 1.98. The van der Waals surface area contributed by atoms with Gasteiger partial charge in [-0.2, -0.15) is 4.98 Å². The van der Waals surface area contributed by atoms with E-state index in [1.54, 1.807) is 30.5 Å².